The van der Waals surface area contributed by atoms with E-state index in [2.05, 4.69) is 12.2 Å². The molecule has 1 spiro atoms. The van der Waals surface area contributed by atoms with E-state index in [1.807, 2.05) is 6.07 Å². The molecule has 21 heavy (non-hydrogen) atoms. The van der Waals surface area contributed by atoms with Gasteiger partial charge in [0.15, 0.2) is 0 Å². The average molecular weight is 310 g/mol. The summed E-state index contributed by atoms with van der Waals surface area (Å²) in [6.07, 6.45) is 8.84. The molecule has 0 amide bonds. The van der Waals surface area contributed by atoms with Crippen LogP contribution in [0.25, 0.3) is 0 Å². The van der Waals surface area contributed by atoms with E-state index in [4.69, 9.17) is 11.6 Å². The van der Waals surface area contributed by atoms with Gasteiger partial charge < -0.3 is 5.32 Å². The van der Waals surface area contributed by atoms with Crippen molar-refractivity contribution >= 4 is 11.6 Å². The van der Waals surface area contributed by atoms with Gasteiger partial charge in [-0.2, -0.15) is 0 Å². The molecule has 0 saturated heterocycles. The molecule has 0 radical (unpaired) electrons. The van der Waals surface area contributed by atoms with Crippen LogP contribution in [0.1, 0.15) is 57.4 Å². The van der Waals surface area contributed by atoms with Crippen molar-refractivity contribution in [3.63, 3.8) is 0 Å². The van der Waals surface area contributed by atoms with E-state index in [9.17, 15) is 4.39 Å². The van der Waals surface area contributed by atoms with Gasteiger partial charge in [-0.25, -0.2) is 4.39 Å². The Morgan fingerprint density at radius 3 is 2.52 bits per heavy atom. The minimum Gasteiger partial charge on any atom is -0.316 e. The lowest BCUT2D eigenvalue weighted by Gasteiger charge is -2.59. The number of hydrogen-bond donors (Lipinski definition) is 1. The van der Waals surface area contributed by atoms with E-state index in [-0.39, 0.29) is 11.2 Å². The smallest absolute Gasteiger partial charge is 0.128 e. The lowest BCUT2D eigenvalue weighted by atomic mass is 9.46. The summed E-state index contributed by atoms with van der Waals surface area (Å²) in [5, 5.41) is 4.04. The van der Waals surface area contributed by atoms with E-state index in [1.54, 1.807) is 12.1 Å². The van der Waals surface area contributed by atoms with Crippen molar-refractivity contribution in [1.29, 1.82) is 0 Å². The molecule has 2 saturated carbocycles. The Morgan fingerprint density at radius 1 is 1.19 bits per heavy atom. The highest BCUT2D eigenvalue weighted by Crippen LogP contribution is 2.62. The van der Waals surface area contributed by atoms with Gasteiger partial charge >= 0.3 is 0 Å². The van der Waals surface area contributed by atoms with E-state index in [0.717, 1.165) is 31.5 Å². The van der Waals surface area contributed by atoms with Crippen molar-refractivity contribution in [2.24, 2.45) is 5.41 Å². The second-order valence-corrected chi connectivity index (χ2v) is 7.48. The van der Waals surface area contributed by atoms with Crippen molar-refractivity contribution in [2.45, 2.75) is 57.3 Å². The summed E-state index contributed by atoms with van der Waals surface area (Å²) >= 11 is 6.37. The van der Waals surface area contributed by atoms with Crippen molar-refractivity contribution in [3.05, 3.63) is 34.6 Å². The van der Waals surface area contributed by atoms with Gasteiger partial charge in [0.05, 0.1) is 0 Å². The minimum absolute atomic E-state index is 0.101. The predicted octanol–water partition coefficient (Wildman–Crippen LogP) is 5.07. The first-order valence-corrected chi connectivity index (χ1v) is 8.64. The van der Waals surface area contributed by atoms with Crippen LogP contribution in [0.2, 0.25) is 5.02 Å². The predicted molar refractivity (Wildman–Crippen MR) is 86.4 cm³/mol. The van der Waals surface area contributed by atoms with Crippen LogP contribution in [-0.2, 0) is 5.41 Å². The van der Waals surface area contributed by atoms with Crippen molar-refractivity contribution in [3.8, 4) is 0 Å². The summed E-state index contributed by atoms with van der Waals surface area (Å²) in [6, 6.07) is 5.09. The summed E-state index contributed by atoms with van der Waals surface area (Å²) in [5.74, 6) is -0.133. The van der Waals surface area contributed by atoms with Crippen LogP contribution >= 0.6 is 11.6 Å². The number of halogens is 2. The van der Waals surface area contributed by atoms with Gasteiger partial charge in [0, 0.05) is 22.5 Å². The van der Waals surface area contributed by atoms with Crippen LogP contribution in [-0.4, -0.2) is 13.1 Å². The van der Waals surface area contributed by atoms with Crippen LogP contribution in [0.4, 0.5) is 4.39 Å². The fourth-order valence-electron chi connectivity index (χ4n) is 4.80. The maximum atomic E-state index is 14.4. The Kier molecular flexibility index (Phi) is 4.29. The highest BCUT2D eigenvalue weighted by atomic mass is 35.5. The normalized spacial score (nSPS) is 23.0. The number of likely N-dealkylation sites (N-methyl/N-ethyl adjacent to an activating group) is 1. The first-order valence-electron chi connectivity index (χ1n) is 8.26. The lowest BCUT2D eigenvalue weighted by molar-refractivity contribution is -0.0142. The monoisotopic (exact) mass is 309 g/mol. The summed E-state index contributed by atoms with van der Waals surface area (Å²) in [5.41, 5.74) is 1.11. The second-order valence-electron chi connectivity index (χ2n) is 7.07. The van der Waals surface area contributed by atoms with Gasteiger partial charge in [-0.05, 0) is 49.8 Å². The Hall–Kier alpha value is -0.600. The number of hydrogen-bond acceptors (Lipinski definition) is 1. The summed E-state index contributed by atoms with van der Waals surface area (Å²) < 4.78 is 14.4. The average Bonchev–Trinajstić information content (AvgIpc) is 2.44. The molecule has 1 N–H and O–H groups in total. The van der Waals surface area contributed by atoms with E-state index in [0.29, 0.717) is 10.4 Å². The van der Waals surface area contributed by atoms with Gasteiger partial charge in [0.1, 0.15) is 5.82 Å². The SMILES string of the molecule is CCNCC1(c2c(F)cccc2Cl)CC2(CCCCC2)C1. The standard InChI is InChI=1S/C18H25ClFN/c1-2-21-13-18(16-14(19)7-6-8-15(16)20)11-17(12-18)9-4-3-5-10-17/h6-8,21H,2-5,9-13H2,1H3. The molecule has 0 aliphatic heterocycles. The molecule has 1 nitrogen and oxygen atoms in total. The van der Waals surface area contributed by atoms with Crippen molar-refractivity contribution in [1.82, 2.24) is 5.32 Å². The van der Waals surface area contributed by atoms with E-state index in [1.165, 1.54) is 32.1 Å². The van der Waals surface area contributed by atoms with Gasteiger partial charge in [-0.1, -0.05) is 43.9 Å². The highest BCUT2D eigenvalue weighted by Gasteiger charge is 2.56. The zero-order valence-corrected chi connectivity index (χ0v) is 13.6. The molecule has 3 rings (SSSR count). The van der Waals surface area contributed by atoms with E-state index < -0.39 is 0 Å². The number of rotatable bonds is 4. The Balaban J connectivity index is 1.89. The first kappa shape index (κ1) is 15.3. The highest BCUT2D eigenvalue weighted by molar-refractivity contribution is 6.31. The molecule has 0 bridgehead atoms. The molecule has 0 heterocycles. The summed E-state index contributed by atoms with van der Waals surface area (Å²) in [6.45, 7) is 3.86. The summed E-state index contributed by atoms with van der Waals surface area (Å²) in [7, 11) is 0. The molecule has 2 aliphatic carbocycles. The van der Waals surface area contributed by atoms with Crippen LogP contribution in [0, 0.1) is 11.2 Å². The van der Waals surface area contributed by atoms with Gasteiger partial charge in [0.2, 0.25) is 0 Å². The van der Waals surface area contributed by atoms with Crippen LogP contribution in [0.5, 0.6) is 0 Å². The zero-order chi connectivity index (χ0) is 14.9. The van der Waals surface area contributed by atoms with Gasteiger partial charge in [-0.3, -0.25) is 0 Å². The largest absolute Gasteiger partial charge is 0.316 e. The Labute approximate surface area is 132 Å². The minimum atomic E-state index is -0.133. The quantitative estimate of drug-likeness (QED) is 0.818. The number of nitrogens with one attached hydrogen (secondary N) is 1. The molecular formula is C18H25ClFN. The Morgan fingerprint density at radius 2 is 1.90 bits per heavy atom. The second kappa shape index (κ2) is 5.89. The number of benzene rings is 1. The van der Waals surface area contributed by atoms with E-state index >= 15 is 0 Å². The first-order chi connectivity index (χ1) is 10.1. The molecule has 116 valence electrons. The van der Waals surface area contributed by atoms with Crippen molar-refractivity contribution < 1.29 is 4.39 Å². The lowest BCUT2D eigenvalue weighted by Crippen LogP contribution is -2.55. The van der Waals surface area contributed by atoms with Crippen LogP contribution in [0.15, 0.2) is 18.2 Å². The molecule has 2 fully saturated rings. The maximum Gasteiger partial charge on any atom is 0.128 e. The molecule has 0 atom stereocenters. The molecule has 2 aliphatic rings. The van der Waals surface area contributed by atoms with Gasteiger partial charge in [-0.15, -0.1) is 0 Å². The fraction of sp³-hybridized carbons (Fsp3) is 0.667. The molecule has 1 aromatic rings. The third-order valence-corrected chi connectivity index (χ3v) is 5.86. The van der Waals surface area contributed by atoms with Crippen LogP contribution in [0.3, 0.4) is 0 Å². The third-order valence-electron chi connectivity index (χ3n) is 5.55. The maximum absolute atomic E-state index is 14.4. The third kappa shape index (κ3) is 2.73. The van der Waals surface area contributed by atoms with Gasteiger partial charge in [0.25, 0.3) is 0 Å². The van der Waals surface area contributed by atoms with Crippen LogP contribution < -0.4 is 5.32 Å². The summed E-state index contributed by atoms with van der Waals surface area (Å²) in [4.78, 5) is 0. The molecule has 0 unspecified atom stereocenters. The zero-order valence-electron chi connectivity index (χ0n) is 12.9. The molecular weight excluding hydrogens is 285 g/mol. The molecule has 1 aromatic carbocycles. The molecule has 3 heteroatoms. The van der Waals surface area contributed by atoms with Crippen molar-refractivity contribution in [2.75, 3.05) is 13.1 Å². The topological polar surface area (TPSA) is 12.0 Å². The molecule has 0 aromatic heterocycles. The fourth-order valence-corrected chi connectivity index (χ4v) is 5.16. The Bertz CT molecular complexity index is 480.